The second-order valence-electron chi connectivity index (χ2n) is 35.5. The molecular formula is C80H106F25O40S5-5. The Morgan fingerprint density at radius 3 is 0.693 bits per heavy atom. The zero-order chi connectivity index (χ0) is 116. The van der Waals surface area contributed by atoms with Gasteiger partial charge in [0, 0.05) is 0 Å². The Balaban J connectivity index is 0.000000634. The molecule has 0 heterocycles. The number of hydrogen-bond donors (Lipinski definition) is 0. The Morgan fingerprint density at radius 1 is 0.300 bits per heavy atom. The molecule has 6 fully saturated rings. The quantitative estimate of drug-likeness (QED) is 0.0104. The molecule has 0 amide bonds. The van der Waals surface area contributed by atoms with E-state index in [1.54, 1.807) is 6.92 Å². The summed E-state index contributed by atoms with van der Waals surface area (Å²) < 4.78 is 562. The van der Waals surface area contributed by atoms with Crippen LogP contribution in [0, 0.1) is 35.5 Å². The van der Waals surface area contributed by atoms with E-state index in [4.69, 9.17) is 4.74 Å². The first-order valence-corrected chi connectivity index (χ1v) is 51.9. The third-order valence-corrected chi connectivity index (χ3v) is 26.1. The van der Waals surface area contributed by atoms with E-state index in [0.717, 1.165) is 40.0 Å². The molecule has 150 heavy (non-hydrogen) atoms. The number of ether oxygens (including phenoxy) is 15. The molecule has 5 atom stereocenters. The zero-order valence-electron chi connectivity index (χ0n) is 79.7. The van der Waals surface area contributed by atoms with Crippen molar-refractivity contribution >= 4 is 110 Å². The highest BCUT2D eigenvalue weighted by Gasteiger charge is 2.75. The van der Waals surface area contributed by atoms with Crippen LogP contribution in [-0.2, 0) is 170 Å². The van der Waals surface area contributed by atoms with Gasteiger partial charge in [0.25, 0.3) is 0 Å². The van der Waals surface area contributed by atoms with Crippen LogP contribution in [0.4, 0.5) is 110 Å². The molecule has 0 spiro atoms. The fourth-order valence-corrected chi connectivity index (χ4v) is 14.7. The second kappa shape index (κ2) is 55.1. The van der Waals surface area contributed by atoms with E-state index < -0.39 is 290 Å². The van der Waals surface area contributed by atoms with Crippen LogP contribution in [0.3, 0.4) is 0 Å². The molecule has 0 bridgehead atoms. The van der Waals surface area contributed by atoms with Crippen molar-refractivity contribution in [2.24, 2.45) is 35.5 Å². The lowest BCUT2D eigenvalue weighted by Crippen LogP contribution is -2.61. The monoisotopic (exact) mass is 2340 g/mol. The van der Waals surface area contributed by atoms with Crippen LogP contribution in [0.2, 0.25) is 0 Å². The average molecular weight is 2340 g/mol. The standard InChI is InChI=1S/C18H25F5O8S.3C16H23F5O8S.C14H17F5O8S/c19-16(20,32(26,27)28)11-29-17(18(21,22)23,15(25)30-13-9-5-2-6-10-13)31-14(24)12-7-3-1-4-8-12;1-13(2,3)29-12(23)15(16(19,20)21,27-9-14(17,18)30(24,25)26)28-11(22)10-7-5-4-6-8-10;1-10(2)8-27-13(23)15(16(19,20)21,28-9-14(17,18)30(24,25)26)29-12(22)11-6-4-3-5-7-11;1-2-3-9-27-13(23)15(16(19,20)21,28-10-14(17,18)30(24,25)26)29-12(22)11-7-5-4-6-8-11;1-2-25-11(21)13(14(17,18)19,26-8-12(15,16)28(22,23)24)27-10(20)9-6-4-3-5-7-9/h12-13H,1-11H2,(H,26,27,28);10H,4-9H2,1-3H3,(H,24,25,26);10-11H,3-9H2,1-2H3,(H,24,25,26);11H,2-10H2,1H3,(H,24,25,26);2,9H,1,3-8H2,(H,22,23,24)/p-5. The molecule has 0 aromatic rings. The Kier molecular flexibility index (Phi) is 50.7. The number of unbranched alkanes of at least 4 members (excludes halogenated alkanes) is 1. The van der Waals surface area contributed by atoms with E-state index in [9.17, 15) is 223 Å². The zero-order valence-corrected chi connectivity index (χ0v) is 83.8. The molecule has 0 radical (unpaired) electrons. The minimum atomic E-state index is -6.45. The number of alkyl halides is 25. The Bertz CT molecular complexity index is 5060. The summed E-state index contributed by atoms with van der Waals surface area (Å²) in [5.41, 5.74) is -1.60. The van der Waals surface area contributed by atoms with Gasteiger partial charge in [-0.15, -0.1) is 0 Å². The molecule has 6 rings (SSSR count). The van der Waals surface area contributed by atoms with Crippen molar-refractivity contribution in [3.05, 3.63) is 12.8 Å². The number of carbonyl (C=O) groups excluding carboxylic acids is 10. The molecule has 70 heteroatoms. The molecule has 5 unspecified atom stereocenters. The SMILES string of the molecule is C=COC(=O)C(OCC(F)(F)S(=O)(=O)[O-])(OC(=O)C1CCCCC1)C(F)(F)F.CC(C)(C)OC(=O)C(OCC(F)(F)S(=O)(=O)[O-])(OC(=O)C1CCCCC1)C(F)(F)F.CC(C)COC(=O)C(OCC(F)(F)S(=O)(=O)[O-])(OC(=O)C1CCCCC1)C(F)(F)F.CCCCOC(=O)C(OCC(F)(F)S(=O)(=O)[O-])(OC(=O)C1CCCCC1)C(F)(F)F.O=C(OC(OCC(F)(F)S(=O)(=O)[O-])(C(=O)OC1CCCCC1)C(F)(F)F)C1CCCCC1. The molecule has 876 valence electrons. The Hall–Kier alpha value is -7.96. The molecule has 0 saturated heterocycles. The molecule has 0 N–H and O–H groups in total. The fraction of sp³-hybridized carbons (Fsp3) is 0.850. The Morgan fingerprint density at radius 2 is 0.500 bits per heavy atom. The molecule has 0 aromatic heterocycles. The van der Waals surface area contributed by atoms with Crippen LogP contribution in [-0.4, -0.2) is 269 Å². The lowest BCUT2D eigenvalue weighted by molar-refractivity contribution is -0.364. The summed E-state index contributed by atoms with van der Waals surface area (Å²) in [6, 6.07) is 0. The number of carbonyl (C=O) groups is 10. The first kappa shape index (κ1) is 138. The largest absolute Gasteiger partial charge is 0.743 e. The lowest BCUT2D eigenvalue weighted by atomic mass is 9.89. The van der Waals surface area contributed by atoms with Crippen LogP contribution in [0.5, 0.6) is 0 Å². The van der Waals surface area contributed by atoms with Crippen molar-refractivity contribution in [2.45, 2.75) is 345 Å². The van der Waals surface area contributed by atoms with E-state index >= 15 is 0 Å². The van der Waals surface area contributed by atoms with Crippen LogP contribution in [0.25, 0.3) is 0 Å². The van der Waals surface area contributed by atoms with Crippen molar-refractivity contribution in [3.63, 3.8) is 0 Å². The van der Waals surface area contributed by atoms with Gasteiger partial charge in [-0.25, -0.2) is 66.1 Å². The first-order valence-electron chi connectivity index (χ1n) is 44.9. The smallest absolute Gasteiger partial charge is 0.468 e. The van der Waals surface area contributed by atoms with Gasteiger partial charge >= 0.3 is 146 Å². The predicted molar refractivity (Wildman–Crippen MR) is 437 cm³/mol. The van der Waals surface area contributed by atoms with Crippen molar-refractivity contribution in [1.29, 1.82) is 0 Å². The molecule has 6 aliphatic rings. The van der Waals surface area contributed by atoms with E-state index in [-0.39, 0.29) is 89.7 Å². The van der Waals surface area contributed by atoms with E-state index in [0.29, 0.717) is 103 Å². The molecule has 6 aliphatic carbocycles. The van der Waals surface area contributed by atoms with Gasteiger partial charge < -0.3 is 93.8 Å². The van der Waals surface area contributed by atoms with E-state index in [1.807, 2.05) is 0 Å². The highest BCUT2D eigenvalue weighted by Crippen LogP contribution is 2.48. The summed E-state index contributed by atoms with van der Waals surface area (Å²) >= 11 is 0. The molecule has 0 aromatic carbocycles. The van der Waals surface area contributed by atoms with E-state index in [1.165, 1.54) is 13.8 Å². The van der Waals surface area contributed by atoms with Crippen molar-refractivity contribution < 1.29 is 294 Å². The van der Waals surface area contributed by atoms with Crippen LogP contribution in [0.1, 0.15) is 247 Å². The van der Waals surface area contributed by atoms with Gasteiger partial charge in [-0.1, -0.05) is 137 Å². The topological polar surface area (TPSA) is 595 Å². The maximum absolute atomic E-state index is 14.0. The van der Waals surface area contributed by atoms with Gasteiger partial charge in [-0.05, 0) is 123 Å². The molecular weight excluding hydrogens is 2240 g/mol. The van der Waals surface area contributed by atoms with Crippen LogP contribution in [0.15, 0.2) is 12.8 Å². The summed E-state index contributed by atoms with van der Waals surface area (Å²) in [5.74, 6) is -48.8. The number of halogens is 25. The van der Waals surface area contributed by atoms with Crippen LogP contribution < -0.4 is 0 Å². The number of rotatable bonds is 42. The minimum absolute atomic E-state index is 0.0986. The maximum atomic E-state index is 14.0. The Labute approximate surface area is 839 Å². The third kappa shape index (κ3) is 39.4. The van der Waals surface area contributed by atoms with Gasteiger partial charge in [0.1, 0.15) is 44.7 Å². The van der Waals surface area contributed by atoms with Crippen molar-refractivity contribution in [2.75, 3.05) is 46.2 Å². The van der Waals surface area contributed by atoms with Crippen molar-refractivity contribution in [3.8, 4) is 0 Å². The predicted octanol–water partition coefficient (Wildman–Crippen LogP) is 14.1. The summed E-state index contributed by atoms with van der Waals surface area (Å²) in [5, 5.41) is -26.7. The maximum Gasteiger partial charge on any atom is 0.468 e. The van der Waals surface area contributed by atoms with Crippen LogP contribution >= 0.6 is 0 Å². The molecule has 6 saturated carbocycles. The fourth-order valence-electron chi connectivity index (χ4n) is 13.7. The normalized spacial score (nSPS) is 19.4. The summed E-state index contributed by atoms with van der Waals surface area (Å²) in [7, 11) is -32.2. The summed E-state index contributed by atoms with van der Waals surface area (Å²) in [6.07, 6.45) is -17.9. The number of esters is 10. The van der Waals surface area contributed by atoms with Gasteiger partial charge in [0.05, 0.1) is 49.1 Å². The highest BCUT2D eigenvalue weighted by molar-refractivity contribution is 7.87. The lowest BCUT2D eigenvalue weighted by Gasteiger charge is -2.36. The summed E-state index contributed by atoms with van der Waals surface area (Å²) in [6.45, 7) is -3.88. The molecule has 40 nitrogen and oxygen atoms in total. The molecule has 0 aliphatic heterocycles. The van der Waals surface area contributed by atoms with Gasteiger partial charge in [0.2, 0.25) is 0 Å². The van der Waals surface area contributed by atoms with Gasteiger partial charge in [0.15, 0.2) is 50.6 Å². The highest BCUT2D eigenvalue weighted by atomic mass is 32.2. The second-order valence-corrected chi connectivity index (χ2v) is 43.0. The number of hydrogen-bond acceptors (Lipinski definition) is 40. The van der Waals surface area contributed by atoms with Crippen molar-refractivity contribution in [1.82, 2.24) is 0 Å². The van der Waals surface area contributed by atoms with Gasteiger partial charge in [-0.2, -0.15) is 110 Å². The van der Waals surface area contributed by atoms with E-state index in [2.05, 4.69) is 72.9 Å². The first-order chi connectivity index (χ1) is 67.9. The average Bonchev–Trinajstić information content (AvgIpc) is 0.772. The van der Waals surface area contributed by atoms with Gasteiger partial charge in [-0.3, -0.25) is 24.0 Å². The minimum Gasteiger partial charge on any atom is -0.743 e. The third-order valence-electron chi connectivity index (χ3n) is 21.9. The summed E-state index contributed by atoms with van der Waals surface area (Å²) in [4.78, 5) is 122.